The van der Waals surface area contributed by atoms with Gasteiger partial charge in [0.15, 0.2) is 0 Å². The standard InChI is InChI=1S/C18H24N2O4/c1-23-15-7-5-14(6-8-15)11-20-16(12-24-13-17(20)21)18(22)19-9-3-2-4-10-19/h5-8,16H,2-4,9-13H2,1H3/t16-/m0/s1. The summed E-state index contributed by atoms with van der Waals surface area (Å²) in [6.45, 7) is 2.29. The van der Waals surface area contributed by atoms with E-state index in [0.717, 1.165) is 37.2 Å². The summed E-state index contributed by atoms with van der Waals surface area (Å²) in [5.74, 6) is 0.650. The van der Waals surface area contributed by atoms with E-state index in [9.17, 15) is 9.59 Å². The van der Waals surface area contributed by atoms with Gasteiger partial charge in [-0.15, -0.1) is 0 Å². The molecule has 1 aromatic carbocycles. The third-order valence-corrected chi connectivity index (χ3v) is 4.66. The number of amides is 2. The van der Waals surface area contributed by atoms with E-state index in [1.54, 1.807) is 12.0 Å². The topological polar surface area (TPSA) is 59.1 Å². The zero-order chi connectivity index (χ0) is 16.9. The number of morpholine rings is 1. The van der Waals surface area contributed by atoms with Crippen LogP contribution in [0.15, 0.2) is 24.3 Å². The zero-order valence-electron chi connectivity index (χ0n) is 14.1. The molecule has 2 heterocycles. The Labute approximate surface area is 142 Å². The average molecular weight is 332 g/mol. The van der Waals surface area contributed by atoms with Gasteiger partial charge in [0.1, 0.15) is 18.4 Å². The zero-order valence-corrected chi connectivity index (χ0v) is 14.1. The van der Waals surface area contributed by atoms with Crippen molar-refractivity contribution >= 4 is 11.8 Å². The lowest BCUT2D eigenvalue weighted by atomic mass is 10.1. The van der Waals surface area contributed by atoms with E-state index < -0.39 is 6.04 Å². The van der Waals surface area contributed by atoms with Gasteiger partial charge < -0.3 is 19.3 Å². The van der Waals surface area contributed by atoms with Crippen LogP contribution in [0.25, 0.3) is 0 Å². The molecule has 0 saturated carbocycles. The van der Waals surface area contributed by atoms with Crippen molar-refractivity contribution in [2.45, 2.75) is 31.8 Å². The van der Waals surface area contributed by atoms with Crippen molar-refractivity contribution in [2.75, 3.05) is 33.4 Å². The molecule has 0 aromatic heterocycles. The molecule has 1 aromatic rings. The molecule has 0 N–H and O–H groups in total. The minimum absolute atomic E-state index is 0.0104. The first kappa shape index (κ1) is 16.8. The van der Waals surface area contributed by atoms with E-state index in [1.165, 1.54) is 6.42 Å². The number of piperidine rings is 1. The summed E-state index contributed by atoms with van der Waals surface area (Å²) in [6, 6.07) is 7.05. The molecular weight excluding hydrogens is 308 g/mol. The molecule has 2 fully saturated rings. The van der Waals surface area contributed by atoms with Crippen molar-refractivity contribution in [3.8, 4) is 5.75 Å². The molecule has 2 aliphatic heterocycles. The predicted molar refractivity (Wildman–Crippen MR) is 88.6 cm³/mol. The van der Waals surface area contributed by atoms with Gasteiger partial charge in [0.2, 0.25) is 11.8 Å². The van der Waals surface area contributed by atoms with Crippen LogP contribution in [0.5, 0.6) is 5.75 Å². The second-order valence-electron chi connectivity index (χ2n) is 6.29. The lowest BCUT2D eigenvalue weighted by Crippen LogP contribution is -2.57. The van der Waals surface area contributed by atoms with Gasteiger partial charge >= 0.3 is 0 Å². The maximum atomic E-state index is 12.8. The highest BCUT2D eigenvalue weighted by Gasteiger charge is 2.36. The Morgan fingerprint density at radius 2 is 1.92 bits per heavy atom. The first-order chi connectivity index (χ1) is 11.7. The second kappa shape index (κ2) is 7.66. The Kier molecular flexibility index (Phi) is 5.35. The maximum Gasteiger partial charge on any atom is 0.249 e. The fraction of sp³-hybridized carbons (Fsp3) is 0.556. The number of methoxy groups -OCH3 is 1. The van der Waals surface area contributed by atoms with Crippen LogP contribution in [0, 0.1) is 0 Å². The number of hydrogen-bond acceptors (Lipinski definition) is 4. The molecule has 130 valence electrons. The van der Waals surface area contributed by atoms with E-state index in [0.29, 0.717) is 6.54 Å². The van der Waals surface area contributed by atoms with Crippen LogP contribution in [-0.4, -0.2) is 61.1 Å². The Hall–Kier alpha value is -2.08. The molecule has 0 bridgehead atoms. The summed E-state index contributed by atoms with van der Waals surface area (Å²) < 4.78 is 10.5. The third kappa shape index (κ3) is 3.70. The molecule has 6 nitrogen and oxygen atoms in total. The first-order valence-corrected chi connectivity index (χ1v) is 8.48. The molecule has 24 heavy (non-hydrogen) atoms. The molecule has 0 aliphatic carbocycles. The monoisotopic (exact) mass is 332 g/mol. The summed E-state index contributed by atoms with van der Waals surface area (Å²) in [5, 5.41) is 0. The highest BCUT2D eigenvalue weighted by molar-refractivity contribution is 5.89. The molecule has 0 unspecified atom stereocenters. The second-order valence-corrected chi connectivity index (χ2v) is 6.29. The van der Waals surface area contributed by atoms with Gasteiger partial charge in [-0.25, -0.2) is 0 Å². The largest absolute Gasteiger partial charge is 0.497 e. The third-order valence-electron chi connectivity index (χ3n) is 4.66. The molecule has 3 rings (SSSR count). The fourth-order valence-electron chi connectivity index (χ4n) is 3.26. The smallest absolute Gasteiger partial charge is 0.249 e. The summed E-state index contributed by atoms with van der Waals surface area (Å²) in [4.78, 5) is 28.7. The summed E-state index contributed by atoms with van der Waals surface area (Å²) in [7, 11) is 1.62. The lowest BCUT2D eigenvalue weighted by molar-refractivity contribution is -0.160. The number of rotatable bonds is 4. The van der Waals surface area contributed by atoms with E-state index in [2.05, 4.69) is 0 Å². The van der Waals surface area contributed by atoms with Crippen molar-refractivity contribution in [2.24, 2.45) is 0 Å². The molecule has 2 amide bonds. The molecular formula is C18H24N2O4. The predicted octanol–water partition coefficient (Wildman–Crippen LogP) is 1.44. The molecule has 2 saturated heterocycles. The van der Waals surface area contributed by atoms with Crippen LogP contribution < -0.4 is 4.74 Å². The number of hydrogen-bond donors (Lipinski definition) is 0. The van der Waals surface area contributed by atoms with Crippen LogP contribution in [0.3, 0.4) is 0 Å². The summed E-state index contributed by atoms with van der Waals surface area (Å²) in [6.07, 6.45) is 3.23. The number of carbonyl (C=O) groups excluding carboxylic acids is 2. The Bertz CT molecular complexity index is 581. The Balaban J connectivity index is 1.73. The maximum absolute atomic E-state index is 12.8. The average Bonchev–Trinajstić information content (AvgIpc) is 2.64. The van der Waals surface area contributed by atoms with Crippen LogP contribution in [-0.2, 0) is 20.9 Å². The minimum Gasteiger partial charge on any atom is -0.497 e. The molecule has 1 atom stereocenters. The van der Waals surface area contributed by atoms with Crippen LogP contribution >= 0.6 is 0 Å². The van der Waals surface area contributed by atoms with Crippen molar-refractivity contribution in [3.05, 3.63) is 29.8 Å². The number of nitrogens with zero attached hydrogens (tertiary/aromatic N) is 2. The number of carbonyl (C=O) groups is 2. The van der Waals surface area contributed by atoms with Crippen LogP contribution in [0.1, 0.15) is 24.8 Å². The Morgan fingerprint density at radius 1 is 1.21 bits per heavy atom. The van der Waals surface area contributed by atoms with Gasteiger partial charge in [0.25, 0.3) is 0 Å². The number of likely N-dealkylation sites (tertiary alicyclic amines) is 1. The SMILES string of the molecule is COc1ccc(CN2C(=O)COC[C@H]2C(=O)N2CCCCC2)cc1. The van der Waals surface area contributed by atoms with Gasteiger partial charge in [-0.1, -0.05) is 12.1 Å². The summed E-state index contributed by atoms with van der Waals surface area (Å²) in [5.41, 5.74) is 0.975. The van der Waals surface area contributed by atoms with Crippen molar-refractivity contribution < 1.29 is 19.1 Å². The van der Waals surface area contributed by atoms with Crippen molar-refractivity contribution in [3.63, 3.8) is 0 Å². The van der Waals surface area contributed by atoms with E-state index in [4.69, 9.17) is 9.47 Å². The molecule has 0 radical (unpaired) electrons. The highest BCUT2D eigenvalue weighted by Crippen LogP contribution is 2.19. The van der Waals surface area contributed by atoms with Crippen LogP contribution in [0.2, 0.25) is 0 Å². The van der Waals surface area contributed by atoms with Crippen molar-refractivity contribution in [1.82, 2.24) is 9.80 Å². The van der Waals surface area contributed by atoms with E-state index >= 15 is 0 Å². The minimum atomic E-state index is -0.522. The molecule has 6 heteroatoms. The molecule has 0 spiro atoms. The first-order valence-electron chi connectivity index (χ1n) is 8.48. The Morgan fingerprint density at radius 3 is 2.58 bits per heavy atom. The van der Waals surface area contributed by atoms with Gasteiger partial charge in [-0.05, 0) is 37.0 Å². The van der Waals surface area contributed by atoms with Gasteiger partial charge in [0.05, 0.1) is 13.7 Å². The quantitative estimate of drug-likeness (QED) is 0.837. The normalized spacial score (nSPS) is 21.7. The van der Waals surface area contributed by atoms with E-state index in [-0.39, 0.29) is 25.0 Å². The number of benzene rings is 1. The molecule has 2 aliphatic rings. The van der Waals surface area contributed by atoms with Crippen LogP contribution in [0.4, 0.5) is 0 Å². The summed E-state index contributed by atoms with van der Waals surface area (Å²) >= 11 is 0. The van der Waals surface area contributed by atoms with Gasteiger partial charge in [0, 0.05) is 19.6 Å². The highest BCUT2D eigenvalue weighted by atomic mass is 16.5. The number of ether oxygens (including phenoxy) is 2. The van der Waals surface area contributed by atoms with Crippen molar-refractivity contribution in [1.29, 1.82) is 0 Å². The van der Waals surface area contributed by atoms with E-state index in [1.807, 2.05) is 29.2 Å². The van der Waals surface area contributed by atoms with Gasteiger partial charge in [-0.3, -0.25) is 9.59 Å². The fourth-order valence-corrected chi connectivity index (χ4v) is 3.26. The van der Waals surface area contributed by atoms with Gasteiger partial charge in [-0.2, -0.15) is 0 Å². The lowest BCUT2D eigenvalue weighted by Gasteiger charge is -2.38.